The fourth-order valence-electron chi connectivity index (χ4n) is 4.57. The van der Waals surface area contributed by atoms with Gasteiger partial charge in [0.1, 0.15) is 0 Å². The number of Topliss-reactive ketones (excluding diaryl/α,β-unsaturated/α-hetero) is 1. The molecule has 1 heterocycles. The lowest BCUT2D eigenvalue weighted by Crippen LogP contribution is -2.58. The Hall–Kier alpha value is -0.410. The quantitative estimate of drug-likeness (QED) is 0.795. The zero-order valence-corrected chi connectivity index (χ0v) is 12.9. The molecule has 3 rings (SSSR count). The predicted molar refractivity (Wildman–Crippen MR) is 79.7 cm³/mol. The second-order valence-corrected chi connectivity index (χ2v) is 7.16. The van der Waals surface area contributed by atoms with Gasteiger partial charge in [0.05, 0.1) is 18.8 Å². The van der Waals surface area contributed by atoms with Crippen LogP contribution in [-0.4, -0.2) is 42.5 Å². The minimum Gasteiger partial charge on any atom is -0.379 e. The summed E-state index contributed by atoms with van der Waals surface area (Å²) in [5.41, 5.74) is -0.116. The van der Waals surface area contributed by atoms with E-state index in [-0.39, 0.29) is 5.54 Å². The maximum atomic E-state index is 13.2. The van der Waals surface area contributed by atoms with Gasteiger partial charge in [-0.05, 0) is 31.6 Å². The Morgan fingerprint density at radius 3 is 2.25 bits per heavy atom. The highest BCUT2D eigenvalue weighted by Crippen LogP contribution is 2.41. The molecule has 2 saturated carbocycles. The fourth-order valence-corrected chi connectivity index (χ4v) is 4.57. The van der Waals surface area contributed by atoms with Crippen LogP contribution >= 0.6 is 0 Å². The van der Waals surface area contributed by atoms with E-state index in [2.05, 4.69) is 11.8 Å². The normalized spacial score (nSPS) is 35.0. The van der Waals surface area contributed by atoms with Gasteiger partial charge < -0.3 is 4.74 Å². The minimum absolute atomic E-state index is 0.116. The van der Waals surface area contributed by atoms with E-state index in [1.54, 1.807) is 0 Å². The van der Waals surface area contributed by atoms with E-state index in [0.717, 1.165) is 57.9 Å². The van der Waals surface area contributed by atoms with Crippen LogP contribution in [0.25, 0.3) is 0 Å². The number of carbonyl (C=O) groups is 1. The molecule has 0 bridgehead atoms. The highest BCUT2D eigenvalue weighted by molar-refractivity contribution is 5.91. The van der Waals surface area contributed by atoms with Gasteiger partial charge in [0.15, 0.2) is 5.78 Å². The van der Waals surface area contributed by atoms with E-state index in [9.17, 15) is 4.79 Å². The Bertz CT molecular complexity index is 335. The Kier molecular flexibility index (Phi) is 4.46. The number of hydrogen-bond acceptors (Lipinski definition) is 3. The van der Waals surface area contributed by atoms with E-state index >= 15 is 0 Å². The SMILES string of the molecule is CC1CCC(C(=O)C2(N3CCOCC3)CCCC2)CC1. The second-order valence-electron chi connectivity index (χ2n) is 7.16. The maximum absolute atomic E-state index is 13.2. The van der Waals surface area contributed by atoms with Gasteiger partial charge in [-0.25, -0.2) is 0 Å². The van der Waals surface area contributed by atoms with Crippen molar-refractivity contribution in [3.8, 4) is 0 Å². The zero-order chi connectivity index (χ0) is 14.0. The molecule has 0 N–H and O–H groups in total. The van der Waals surface area contributed by atoms with Crippen molar-refractivity contribution in [1.82, 2.24) is 4.90 Å². The monoisotopic (exact) mass is 279 g/mol. The summed E-state index contributed by atoms with van der Waals surface area (Å²) in [7, 11) is 0. The molecule has 0 aromatic heterocycles. The highest BCUT2D eigenvalue weighted by atomic mass is 16.5. The molecule has 0 radical (unpaired) electrons. The van der Waals surface area contributed by atoms with Crippen molar-refractivity contribution in [1.29, 1.82) is 0 Å². The van der Waals surface area contributed by atoms with E-state index in [1.807, 2.05) is 0 Å². The summed E-state index contributed by atoms with van der Waals surface area (Å²) in [6.07, 6.45) is 9.40. The number of hydrogen-bond donors (Lipinski definition) is 0. The van der Waals surface area contributed by atoms with Gasteiger partial charge >= 0.3 is 0 Å². The van der Waals surface area contributed by atoms with Crippen molar-refractivity contribution >= 4 is 5.78 Å². The first-order chi connectivity index (χ1) is 9.72. The maximum Gasteiger partial charge on any atom is 0.156 e. The first kappa shape index (κ1) is 14.5. The van der Waals surface area contributed by atoms with Crippen LogP contribution in [0.2, 0.25) is 0 Å². The van der Waals surface area contributed by atoms with E-state index in [4.69, 9.17) is 4.74 Å². The number of ether oxygens (including phenoxy) is 1. The summed E-state index contributed by atoms with van der Waals surface area (Å²) in [5, 5.41) is 0. The van der Waals surface area contributed by atoms with Crippen LogP contribution in [0.5, 0.6) is 0 Å². The molecule has 2 aliphatic carbocycles. The predicted octanol–water partition coefficient (Wildman–Crippen LogP) is 3.03. The largest absolute Gasteiger partial charge is 0.379 e. The molecule has 3 fully saturated rings. The van der Waals surface area contributed by atoms with E-state index in [1.165, 1.54) is 25.7 Å². The molecule has 114 valence electrons. The topological polar surface area (TPSA) is 29.5 Å². The molecule has 20 heavy (non-hydrogen) atoms. The van der Waals surface area contributed by atoms with Crippen molar-refractivity contribution in [2.75, 3.05) is 26.3 Å². The van der Waals surface area contributed by atoms with Crippen molar-refractivity contribution in [2.45, 2.75) is 63.8 Å². The van der Waals surface area contributed by atoms with Gasteiger partial charge in [0.2, 0.25) is 0 Å². The molecule has 0 aromatic carbocycles. The summed E-state index contributed by atoms with van der Waals surface area (Å²) < 4.78 is 5.49. The average Bonchev–Trinajstić information content (AvgIpc) is 2.99. The zero-order valence-electron chi connectivity index (χ0n) is 12.9. The molecule has 3 heteroatoms. The van der Waals surface area contributed by atoms with Gasteiger partial charge in [-0.2, -0.15) is 0 Å². The van der Waals surface area contributed by atoms with Gasteiger partial charge in [-0.1, -0.05) is 32.6 Å². The molecule has 1 saturated heterocycles. The molecule has 0 amide bonds. The Morgan fingerprint density at radius 2 is 1.65 bits per heavy atom. The third-order valence-corrected chi connectivity index (χ3v) is 5.89. The fraction of sp³-hybridized carbons (Fsp3) is 0.941. The lowest BCUT2D eigenvalue weighted by atomic mass is 9.74. The van der Waals surface area contributed by atoms with Gasteiger partial charge in [0, 0.05) is 19.0 Å². The lowest BCUT2D eigenvalue weighted by Gasteiger charge is -2.44. The number of nitrogens with zero attached hydrogens (tertiary/aromatic N) is 1. The van der Waals surface area contributed by atoms with E-state index in [0.29, 0.717) is 11.7 Å². The third kappa shape index (κ3) is 2.67. The second kappa shape index (κ2) is 6.15. The van der Waals surface area contributed by atoms with Crippen LogP contribution in [0.3, 0.4) is 0 Å². The van der Waals surface area contributed by atoms with Crippen molar-refractivity contribution < 1.29 is 9.53 Å². The average molecular weight is 279 g/mol. The summed E-state index contributed by atoms with van der Waals surface area (Å²) in [5.74, 6) is 1.75. The van der Waals surface area contributed by atoms with Crippen LogP contribution in [0.1, 0.15) is 58.3 Å². The molecule has 0 spiro atoms. The van der Waals surface area contributed by atoms with Crippen LogP contribution < -0.4 is 0 Å². The van der Waals surface area contributed by atoms with Crippen LogP contribution in [-0.2, 0) is 9.53 Å². The van der Waals surface area contributed by atoms with E-state index < -0.39 is 0 Å². The molecule has 1 aliphatic heterocycles. The first-order valence-corrected chi connectivity index (χ1v) is 8.59. The van der Waals surface area contributed by atoms with Crippen LogP contribution in [0.15, 0.2) is 0 Å². The summed E-state index contributed by atoms with van der Waals surface area (Å²) in [4.78, 5) is 15.7. The highest BCUT2D eigenvalue weighted by Gasteiger charge is 2.48. The standard InChI is InChI=1S/C17H29NO2/c1-14-4-6-15(7-5-14)16(19)17(8-2-3-9-17)18-10-12-20-13-11-18/h14-15H,2-13H2,1H3. The Balaban J connectivity index is 1.73. The Labute approximate surface area is 123 Å². The first-order valence-electron chi connectivity index (χ1n) is 8.59. The molecule has 3 nitrogen and oxygen atoms in total. The number of ketones is 1. The summed E-state index contributed by atoms with van der Waals surface area (Å²) in [6.45, 7) is 5.84. The van der Waals surface area contributed by atoms with Crippen LogP contribution in [0.4, 0.5) is 0 Å². The number of rotatable bonds is 3. The summed E-state index contributed by atoms with van der Waals surface area (Å²) >= 11 is 0. The molecular weight excluding hydrogens is 250 g/mol. The minimum atomic E-state index is -0.116. The van der Waals surface area contributed by atoms with Gasteiger partial charge in [0.25, 0.3) is 0 Å². The van der Waals surface area contributed by atoms with Gasteiger partial charge in [-0.3, -0.25) is 9.69 Å². The van der Waals surface area contributed by atoms with Gasteiger partial charge in [-0.15, -0.1) is 0 Å². The van der Waals surface area contributed by atoms with Crippen LogP contribution in [0, 0.1) is 11.8 Å². The molecule has 3 aliphatic rings. The van der Waals surface area contributed by atoms with Crippen molar-refractivity contribution in [2.24, 2.45) is 11.8 Å². The van der Waals surface area contributed by atoms with Crippen molar-refractivity contribution in [3.05, 3.63) is 0 Å². The number of carbonyl (C=O) groups excluding carboxylic acids is 1. The van der Waals surface area contributed by atoms with Crippen molar-refractivity contribution in [3.63, 3.8) is 0 Å². The molecule has 0 aromatic rings. The number of morpholine rings is 1. The smallest absolute Gasteiger partial charge is 0.156 e. The lowest BCUT2D eigenvalue weighted by molar-refractivity contribution is -0.140. The molecule has 0 unspecified atom stereocenters. The molecule has 0 atom stereocenters. The third-order valence-electron chi connectivity index (χ3n) is 5.89. The molecular formula is C17H29NO2. The summed E-state index contributed by atoms with van der Waals surface area (Å²) in [6, 6.07) is 0. The Morgan fingerprint density at radius 1 is 1.05 bits per heavy atom.